The molecule has 2 aliphatic rings. The topological polar surface area (TPSA) is 26.0 Å². The van der Waals surface area contributed by atoms with E-state index in [2.05, 4.69) is 50.3 Å². The third-order valence-corrected chi connectivity index (χ3v) is 7.15. The minimum atomic E-state index is 0.365. The Bertz CT molecular complexity index is 538. The summed E-state index contributed by atoms with van der Waals surface area (Å²) in [6.07, 6.45) is 9.00. The van der Waals surface area contributed by atoms with Crippen LogP contribution in [0.4, 0.5) is 0 Å². The van der Waals surface area contributed by atoms with E-state index in [1.165, 1.54) is 37.9 Å². The van der Waals surface area contributed by atoms with Crippen LogP contribution in [0.15, 0.2) is 42.0 Å². The molecule has 0 spiro atoms. The van der Waals surface area contributed by atoms with E-state index < -0.39 is 0 Å². The summed E-state index contributed by atoms with van der Waals surface area (Å²) in [4.78, 5) is 0. The molecule has 0 amide bonds. The summed E-state index contributed by atoms with van der Waals surface area (Å²) >= 11 is 1.93. The smallest absolute Gasteiger partial charge is 0.0392 e. The maximum Gasteiger partial charge on any atom is 0.0392 e. The maximum atomic E-state index is 5.80. The standard InChI is InChI=1S/C20H29NS/c1-3-16-10-19(14-22-15-21)11-17(16)12-20(4-2,13-19)18-8-6-5-7-9-18/h3,5-9,17H,4,10-15,21H2,1-2H3/b16-3+. The molecule has 1 aromatic carbocycles. The molecule has 1 nitrogen and oxygen atoms in total. The summed E-state index contributed by atoms with van der Waals surface area (Å²) in [6, 6.07) is 11.3. The van der Waals surface area contributed by atoms with Gasteiger partial charge in [-0.1, -0.05) is 48.9 Å². The van der Waals surface area contributed by atoms with Crippen LogP contribution in [0.1, 0.15) is 51.5 Å². The lowest BCUT2D eigenvalue weighted by Gasteiger charge is -2.46. The largest absolute Gasteiger partial charge is 0.322 e. The number of nitrogens with two attached hydrogens (primary N) is 1. The third-order valence-electron chi connectivity index (χ3n) is 6.09. The van der Waals surface area contributed by atoms with Crippen molar-refractivity contribution in [1.29, 1.82) is 0 Å². The first-order valence-corrected chi connectivity index (χ1v) is 9.81. The van der Waals surface area contributed by atoms with Crippen LogP contribution in [0.3, 0.4) is 0 Å². The maximum absolute atomic E-state index is 5.80. The van der Waals surface area contributed by atoms with Crippen molar-refractivity contribution in [3.8, 4) is 0 Å². The molecule has 0 radical (unpaired) electrons. The number of allylic oxidation sites excluding steroid dienone is 2. The second kappa shape index (κ2) is 6.41. The normalized spacial score (nSPS) is 36.0. The molecule has 0 heterocycles. The molecule has 22 heavy (non-hydrogen) atoms. The fourth-order valence-electron chi connectivity index (χ4n) is 5.16. The molecule has 2 bridgehead atoms. The molecule has 3 unspecified atom stereocenters. The Balaban J connectivity index is 1.97. The zero-order valence-corrected chi connectivity index (χ0v) is 14.8. The van der Waals surface area contributed by atoms with Gasteiger partial charge in [0.05, 0.1) is 0 Å². The van der Waals surface area contributed by atoms with Gasteiger partial charge in [0.25, 0.3) is 0 Å². The molecule has 3 atom stereocenters. The van der Waals surface area contributed by atoms with Gasteiger partial charge in [-0.25, -0.2) is 0 Å². The average molecular weight is 316 g/mol. The van der Waals surface area contributed by atoms with Gasteiger partial charge in [-0.15, -0.1) is 11.8 Å². The van der Waals surface area contributed by atoms with E-state index in [4.69, 9.17) is 5.73 Å². The first-order valence-electron chi connectivity index (χ1n) is 8.65. The highest BCUT2D eigenvalue weighted by Crippen LogP contribution is 2.62. The van der Waals surface area contributed by atoms with Gasteiger partial charge >= 0.3 is 0 Å². The van der Waals surface area contributed by atoms with Gasteiger partial charge in [-0.3, -0.25) is 0 Å². The second-order valence-corrected chi connectivity index (χ2v) is 8.37. The first kappa shape index (κ1) is 16.1. The summed E-state index contributed by atoms with van der Waals surface area (Å²) in [5.74, 6) is 2.77. The number of hydrogen-bond donors (Lipinski definition) is 1. The van der Waals surface area contributed by atoms with Crippen LogP contribution in [0.25, 0.3) is 0 Å². The van der Waals surface area contributed by atoms with Crippen LogP contribution < -0.4 is 5.73 Å². The number of benzene rings is 1. The Hall–Kier alpha value is -0.730. The predicted octanol–water partition coefficient (Wildman–Crippen LogP) is 5.12. The summed E-state index contributed by atoms with van der Waals surface area (Å²) in [6.45, 7) is 4.62. The molecule has 2 heteroatoms. The molecule has 2 aliphatic carbocycles. The van der Waals surface area contributed by atoms with Gasteiger partial charge in [0.2, 0.25) is 0 Å². The molecule has 120 valence electrons. The minimum Gasteiger partial charge on any atom is -0.322 e. The zero-order chi connectivity index (χ0) is 15.6. The molecule has 1 aromatic rings. The zero-order valence-electron chi connectivity index (χ0n) is 14.0. The van der Waals surface area contributed by atoms with Gasteiger partial charge in [-0.05, 0) is 61.3 Å². The molecule has 0 aliphatic heterocycles. The van der Waals surface area contributed by atoms with Crippen LogP contribution in [0.5, 0.6) is 0 Å². The predicted molar refractivity (Wildman–Crippen MR) is 98.1 cm³/mol. The van der Waals surface area contributed by atoms with Crippen molar-refractivity contribution < 1.29 is 0 Å². The van der Waals surface area contributed by atoms with Crippen molar-refractivity contribution in [2.45, 2.75) is 51.4 Å². The molecular formula is C20H29NS. The lowest BCUT2D eigenvalue weighted by atomic mass is 9.59. The third kappa shape index (κ3) is 2.76. The van der Waals surface area contributed by atoms with Crippen molar-refractivity contribution in [3.05, 3.63) is 47.5 Å². The molecule has 2 fully saturated rings. The van der Waals surface area contributed by atoms with Crippen LogP contribution in [-0.4, -0.2) is 11.6 Å². The van der Waals surface area contributed by atoms with E-state index in [-0.39, 0.29) is 0 Å². The summed E-state index contributed by atoms with van der Waals surface area (Å²) in [5, 5.41) is 0. The average Bonchev–Trinajstić information content (AvgIpc) is 2.84. The van der Waals surface area contributed by atoms with Gasteiger partial charge in [0.15, 0.2) is 0 Å². The molecule has 2 saturated carbocycles. The van der Waals surface area contributed by atoms with Crippen molar-refractivity contribution in [2.75, 3.05) is 11.6 Å². The summed E-state index contributed by atoms with van der Waals surface area (Å²) < 4.78 is 0. The fraction of sp³-hybridized carbons (Fsp3) is 0.600. The Morgan fingerprint density at radius 1 is 1.27 bits per heavy atom. The lowest BCUT2D eigenvalue weighted by Crippen LogP contribution is -2.40. The molecule has 2 N–H and O–H groups in total. The SMILES string of the molecule is C/C=C1\CC2(CSCN)CC1CC(CC)(c1ccccc1)C2. The Labute approximate surface area is 139 Å². The van der Waals surface area contributed by atoms with Crippen molar-refractivity contribution in [3.63, 3.8) is 0 Å². The van der Waals surface area contributed by atoms with Crippen molar-refractivity contribution in [2.24, 2.45) is 17.1 Å². The Morgan fingerprint density at radius 3 is 2.68 bits per heavy atom. The van der Waals surface area contributed by atoms with E-state index in [0.717, 1.165) is 11.8 Å². The van der Waals surface area contributed by atoms with Gasteiger partial charge in [0, 0.05) is 11.6 Å². The second-order valence-electron chi connectivity index (χ2n) is 7.34. The summed E-state index contributed by atoms with van der Waals surface area (Å²) in [7, 11) is 0. The number of thioether (sulfide) groups is 1. The van der Waals surface area contributed by atoms with Crippen LogP contribution in [0, 0.1) is 11.3 Å². The number of hydrogen-bond acceptors (Lipinski definition) is 2. The number of fused-ring (bicyclic) bond motifs is 2. The van der Waals surface area contributed by atoms with Gasteiger partial charge < -0.3 is 5.73 Å². The van der Waals surface area contributed by atoms with Crippen LogP contribution >= 0.6 is 11.8 Å². The highest BCUT2D eigenvalue weighted by molar-refractivity contribution is 7.99. The van der Waals surface area contributed by atoms with Crippen LogP contribution in [-0.2, 0) is 5.41 Å². The molecular weight excluding hydrogens is 286 g/mol. The summed E-state index contributed by atoms with van der Waals surface area (Å²) in [5.41, 5.74) is 9.91. The van der Waals surface area contributed by atoms with Crippen molar-refractivity contribution in [1.82, 2.24) is 0 Å². The van der Waals surface area contributed by atoms with E-state index in [1.807, 2.05) is 11.8 Å². The Morgan fingerprint density at radius 2 is 2.05 bits per heavy atom. The highest BCUT2D eigenvalue weighted by Gasteiger charge is 2.53. The molecule has 0 aromatic heterocycles. The van der Waals surface area contributed by atoms with Crippen molar-refractivity contribution >= 4 is 11.8 Å². The number of rotatable bonds is 5. The minimum absolute atomic E-state index is 0.365. The lowest BCUT2D eigenvalue weighted by molar-refractivity contribution is 0.140. The fourth-order valence-corrected chi connectivity index (χ4v) is 6.04. The van der Waals surface area contributed by atoms with E-state index in [9.17, 15) is 0 Å². The monoisotopic (exact) mass is 315 g/mol. The van der Waals surface area contributed by atoms with Gasteiger partial charge in [0.1, 0.15) is 0 Å². The van der Waals surface area contributed by atoms with E-state index >= 15 is 0 Å². The Kier molecular flexibility index (Phi) is 4.70. The van der Waals surface area contributed by atoms with Crippen LogP contribution in [0.2, 0.25) is 0 Å². The highest BCUT2D eigenvalue weighted by atomic mass is 32.2. The molecule has 0 saturated heterocycles. The quantitative estimate of drug-likeness (QED) is 0.603. The van der Waals surface area contributed by atoms with Gasteiger partial charge in [-0.2, -0.15) is 0 Å². The first-order chi connectivity index (χ1) is 10.7. The van der Waals surface area contributed by atoms with E-state index in [1.54, 1.807) is 11.1 Å². The molecule has 3 rings (SSSR count). The van der Waals surface area contributed by atoms with E-state index in [0.29, 0.717) is 10.8 Å².